The summed E-state index contributed by atoms with van der Waals surface area (Å²) in [5.74, 6) is -0.418. The highest BCUT2D eigenvalue weighted by atomic mass is 19.1. The first-order chi connectivity index (χ1) is 15.4. The maximum Gasteiger partial charge on any atom is 0.414 e. The molecule has 32 heavy (non-hydrogen) atoms. The van der Waals surface area contributed by atoms with Gasteiger partial charge in [0.2, 0.25) is 0 Å². The average molecular weight is 444 g/mol. The van der Waals surface area contributed by atoms with Crippen molar-refractivity contribution in [2.45, 2.75) is 25.8 Å². The van der Waals surface area contributed by atoms with Crippen molar-refractivity contribution >= 4 is 11.8 Å². The Hall–Kier alpha value is -3.14. The Labute approximate surface area is 187 Å². The normalized spacial score (nSPS) is 17.4. The van der Waals surface area contributed by atoms with E-state index in [0.717, 1.165) is 16.8 Å². The van der Waals surface area contributed by atoms with Gasteiger partial charge in [-0.05, 0) is 36.2 Å². The van der Waals surface area contributed by atoms with E-state index in [9.17, 15) is 14.3 Å². The van der Waals surface area contributed by atoms with E-state index in [2.05, 4.69) is 16.0 Å². The van der Waals surface area contributed by atoms with Crippen molar-refractivity contribution in [1.82, 2.24) is 16.0 Å². The van der Waals surface area contributed by atoms with Crippen LogP contribution in [-0.4, -0.2) is 50.2 Å². The number of aliphatic hydroxyl groups is 1. The molecule has 0 aromatic heterocycles. The lowest BCUT2D eigenvalue weighted by Crippen LogP contribution is -2.35. The predicted molar refractivity (Wildman–Crippen MR) is 122 cm³/mol. The number of ether oxygens (including phenoxy) is 1. The third kappa shape index (κ3) is 5.97. The van der Waals surface area contributed by atoms with E-state index in [-0.39, 0.29) is 6.54 Å². The number of likely N-dealkylation sites (N-methyl/N-ethyl adjacent to an activating group) is 1. The van der Waals surface area contributed by atoms with Crippen molar-refractivity contribution in [3.63, 3.8) is 0 Å². The highest BCUT2D eigenvalue weighted by molar-refractivity contribution is 5.90. The summed E-state index contributed by atoms with van der Waals surface area (Å²) >= 11 is 0. The van der Waals surface area contributed by atoms with Crippen molar-refractivity contribution in [3.8, 4) is 11.1 Å². The van der Waals surface area contributed by atoms with Gasteiger partial charge in [0.05, 0.1) is 12.2 Å². The van der Waals surface area contributed by atoms with Gasteiger partial charge >= 0.3 is 6.09 Å². The standard InChI is InChI=1S/C23H30FN5O3/c1-15(30)28-13-20-14-29(23(31)32-20)19-7-8-21(22(24)9-19)17-5-3-16(4-6-17)11-27-12-18(10-25)26-2/h3-10,15,20,26-28,30H,11-14,25H2,1-2H3/b18-10-/t15?,20-/m0/s1. The molecular formula is C23H30FN5O3. The second-order valence-electron chi connectivity index (χ2n) is 7.61. The average Bonchev–Trinajstić information content (AvgIpc) is 3.16. The van der Waals surface area contributed by atoms with Gasteiger partial charge in [-0.1, -0.05) is 24.3 Å². The molecule has 0 aliphatic carbocycles. The molecule has 0 bridgehead atoms. The monoisotopic (exact) mass is 443 g/mol. The van der Waals surface area contributed by atoms with Crippen LogP contribution < -0.4 is 26.6 Å². The van der Waals surface area contributed by atoms with Crippen molar-refractivity contribution < 1.29 is 19.0 Å². The SMILES string of the molecule is CN/C(=C\N)CNCc1ccc(-c2ccc(N3C[C@H](CNC(C)O)OC3=O)cc2F)cc1. The van der Waals surface area contributed by atoms with Crippen LogP contribution in [0.25, 0.3) is 11.1 Å². The number of rotatable bonds is 10. The number of aliphatic hydroxyl groups excluding tert-OH is 1. The first-order valence-electron chi connectivity index (χ1n) is 10.5. The second-order valence-corrected chi connectivity index (χ2v) is 7.61. The molecule has 1 heterocycles. The molecule has 1 unspecified atom stereocenters. The lowest BCUT2D eigenvalue weighted by atomic mass is 10.0. The number of carbonyl (C=O) groups is 1. The van der Waals surface area contributed by atoms with Gasteiger partial charge in [-0.2, -0.15) is 0 Å². The number of nitrogens with two attached hydrogens (primary N) is 1. The lowest BCUT2D eigenvalue weighted by Gasteiger charge is -2.15. The largest absolute Gasteiger partial charge is 0.443 e. The van der Waals surface area contributed by atoms with E-state index in [1.807, 2.05) is 31.3 Å². The summed E-state index contributed by atoms with van der Waals surface area (Å²) in [7, 11) is 1.81. The van der Waals surface area contributed by atoms with Crippen LogP contribution in [0.4, 0.5) is 14.9 Å². The molecule has 2 atom stereocenters. The van der Waals surface area contributed by atoms with Gasteiger partial charge in [-0.15, -0.1) is 0 Å². The number of halogens is 1. The third-order valence-corrected chi connectivity index (χ3v) is 5.21. The number of hydrogen-bond donors (Lipinski definition) is 5. The summed E-state index contributed by atoms with van der Waals surface area (Å²) in [5.41, 5.74) is 9.11. The van der Waals surface area contributed by atoms with Gasteiger partial charge < -0.3 is 26.2 Å². The summed E-state index contributed by atoms with van der Waals surface area (Å²) in [6, 6.07) is 12.3. The Kier molecular flexibility index (Phi) is 8.04. The van der Waals surface area contributed by atoms with Crippen LogP contribution in [0.5, 0.6) is 0 Å². The predicted octanol–water partition coefficient (Wildman–Crippen LogP) is 1.85. The first kappa shape index (κ1) is 23.5. The van der Waals surface area contributed by atoms with Crippen molar-refractivity contribution in [3.05, 3.63) is 65.7 Å². The van der Waals surface area contributed by atoms with E-state index < -0.39 is 24.2 Å². The number of nitrogens with zero attached hydrogens (tertiary/aromatic N) is 1. The van der Waals surface area contributed by atoms with Gasteiger partial charge in [-0.3, -0.25) is 10.2 Å². The van der Waals surface area contributed by atoms with Crippen LogP contribution >= 0.6 is 0 Å². The quantitative estimate of drug-likeness (QED) is 0.356. The van der Waals surface area contributed by atoms with E-state index in [1.165, 1.54) is 17.2 Å². The Morgan fingerprint density at radius 3 is 2.72 bits per heavy atom. The zero-order valence-electron chi connectivity index (χ0n) is 18.3. The minimum Gasteiger partial charge on any atom is -0.443 e. The Balaban J connectivity index is 1.63. The zero-order valence-corrected chi connectivity index (χ0v) is 18.3. The molecule has 172 valence electrons. The molecule has 9 heteroatoms. The Bertz CT molecular complexity index is 949. The molecule has 6 N–H and O–H groups in total. The molecule has 2 aromatic carbocycles. The molecule has 3 rings (SSSR count). The molecule has 8 nitrogen and oxygen atoms in total. The van der Waals surface area contributed by atoms with E-state index in [0.29, 0.717) is 30.9 Å². The zero-order chi connectivity index (χ0) is 23.1. The smallest absolute Gasteiger partial charge is 0.414 e. The number of hydrogen-bond acceptors (Lipinski definition) is 7. The summed E-state index contributed by atoms with van der Waals surface area (Å²) in [6.45, 7) is 3.47. The van der Waals surface area contributed by atoms with Crippen LogP contribution in [0.3, 0.4) is 0 Å². The third-order valence-electron chi connectivity index (χ3n) is 5.21. The fourth-order valence-electron chi connectivity index (χ4n) is 3.42. The van der Waals surface area contributed by atoms with Gasteiger partial charge in [0, 0.05) is 44.1 Å². The van der Waals surface area contributed by atoms with Crippen LogP contribution in [0, 0.1) is 5.82 Å². The molecule has 2 aromatic rings. The second kappa shape index (κ2) is 10.9. The van der Waals surface area contributed by atoms with Crippen LogP contribution in [0.15, 0.2) is 54.4 Å². The number of nitrogens with one attached hydrogen (secondary N) is 3. The molecule has 0 radical (unpaired) electrons. The van der Waals surface area contributed by atoms with E-state index >= 15 is 0 Å². The molecule has 0 spiro atoms. The Morgan fingerprint density at radius 2 is 2.09 bits per heavy atom. The van der Waals surface area contributed by atoms with Crippen LogP contribution in [0.2, 0.25) is 0 Å². The summed E-state index contributed by atoms with van der Waals surface area (Å²) in [5, 5.41) is 18.4. The van der Waals surface area contributed by atoms with Crippen molar-refractivity contribution in [1.29, 1.82) is 0 Å². The minimum atomic E-state index is -0.699. The molecule has 1 amide bonds. The van der Waals surface area contributed by atoms with Gasteiger partial charge in [-0.25, -0.2) is 9.18 Å². The van der Waals surface area contributed by atoms with Gasteiger partial charge in [0.25, 0.3) is 0 Å². The Morgan fingerprint density at radius 1 is 1.34 bits per heavy atom. The first-order valence-corrected chi connectivity index (χ1v) is 10.5. The molecule has 1 fully saturated rings. The number of benzene rings is 2. The van der Waals surface area contributed by atoms with Crippen LogP contribution in [0.1, 0.15) is 12.5 Å². The number of anilines is 1. The molecule has 1 saturated heterocycles. The minimum absolute atomic E-state index is 0.285. The number of amides is 1. The van der Waals surface area contributed by atoms with Gasteiger partial charge in [0.1, 0.15) is 18.1 Å². The van der Waals surface area contributed by atoms with E-state index in [1.54, 1.807) is 19.1 Å². The number of carbonyl (C=O) groups excluding carboxylic acids is 1. The fraction of sp³-hybridized carbons (Fsp3) is 0.348. The maximum atomic E-state index is 14.9. The summed E-state index contributed by atoms with van der Waals surface area (Å²) < 4.78 is 20.2. The van der Waals surface area contributed by atoms with Crippen molar-refractivity contribution in [2.75, 3.05) is 31.6 Å². The summed E-state index contributed by atoms with van der Waals surface area (Å²) in [4.78, 5) is 13.6. The highest BCUT2D eigenvalue weighted by Crippen LogP contribution is 2.29. The molecule has 1 aliphatic rings. The maximum absolute atomic E-state index is 14.9. The van der Waals surface area contributed by atoms with Crippen molar-refractivity contribution in [2.24, 2.45) is 5.73 Å². The molecular weight excluding hydrogens is 413 g/mol. The molecule has 0 saturated carbocycles. The fourth-order valence-corrected chi connectivity index (χ4v) is 3.42. The molecule has 1 aliphatic heterocycles. The lowest BCUT2D eigenvalue weighted by molar-refractivity contribution is 0.110. The highest BCUT2D eigenvalue weighted by Gasteiger charge is 2.32. The van der Waals surface area contributed by atoms with Gasteiger partial charge in [0.15, 0.2) is 0 Å². The van der Waals surface area contributed by atoms with Crippen LogP contribution in [-0.2, 0) is 11.3 Å². The number of cyclic esters (lactones) is 1. The van der Waals surface area contributed by atoms with E-state index in [4.69, 9.17) is 10.5 Å². The topological polar surface area (TPSA) is 112 Å². The summed E-state index contributed by atoms with van der Waals surface area (Å²) in [6.07, 6.45) is -0.116.